The lowest BCUT2D eigenvalue weighted by molar-refractivity contribution is 0.0468. The van der Waals surface area contributed by atoms with Crippen molar-refractivity contribution in [3.8, 4) is 6.07 Å². The van der Waals surface area contributed by atoms with Crippen molar-refractivity contribution in [3.05, 3.63) is 13.2 Å². The van der Waals surface area contributed by atoms with Crippen molar-refractivity contribution in [2.24, 2.45) is 45.8 Å². The highest BCUT2D eigenvalue weighted by Gasteiger charge is 2.86. The predicted octanol–water partition coefficient (Wildman–Crippen LogP) is 7.00. The molecule has 0 aromatic carbocycles. The van der Waals surface area contributed by atoms with Crippen LogP contribution in [0.15, 0.2) is 13.2 Å². The maximum Gasteiger partial charge on any atom is 0.0661 e. The molecular formula is C24H39N. The van der Waals surface area contributed by atoms with E-state index in [1.807, 2.05) is 13.8 Å². The first-order chi connectivity index (χ1) is 12.1. The van der Waals surface area contributed by atoms with Crippen molar-refractivity contribution in [1.29, 1.82) is 5.26 Å². The van der Waals surface area contributed by atoms with Crippen LogP contribution < -0.4 is 0 Å². The number of rotatable bonds is 0. The van der Waals surface area contributed by atoms with Gasteiger partial charge >= 0.3 is 0 Å². The Morgan fingerprint density at radius 1 is 0.880 bits per heavy atom. The molecule has 0 radical (unpaired) electrons. The Morgan fingerprint density at radius 3 is 2.28 bits per heavy atom. The summed E-state index contributed by atoms with van der Waals surface area (Å²) < 4.78 is 0. The molecule has 5 saturated carbocycles. The summed E-state index contributed by atoms with van der Waals surface area (Å²) in [6.45, 7) is 15.0. The molecule has 8 atom stereocenters. The normalized spacial score (nSPS) is 54.1. The average Bonchev–Trinajstić information content (AvgIpc) is 2.91. The van der Waals surface area contributed by atoms with Crippen LogP contribution in [0.25, 0.3) is 0 Å². The highest BCUT2D eigenvalue weighted by molar-refractivity contribution is 5.34. The number of hydrogen-bond acceptors (Lipinski definition) is 1. The minimum absolute atomic E-state index is 0.357. The molecule has 0 N–H and O–H groups in total. The van der Waals surface area contributed by atoms with Crippen molar-refractivity contribution in [1.82, 2.24) is 0 Å². The zero-order valence-electron chi connectivity index (χ0n) is 17.1. The first-order valence-corrected chi connectivity index (χ1v) is 11.0. The predicted molar refractivity (Wildman–Crippen MR) is 106 cm³/mol. The Balaban J connectivity index is 0.000000428. The summed E-state index contributed by atoms with van der Waals surface area (Å²) in [4.78, 5) is 0. The summed E-state index contributed by atoms with van der Waals surface area (Å²) in [5.74, 6) is 4.32. The molecule has 25 heavy (non-hydrogen) atoms. The monoisotopic (exact) mass is 341 g/mol. The van der Waals surface area contributed by atoms with Crippen molar-refractivity contribution in [3.63, 3.8) is 0 Å². The highest BCUT2D eigenvalue weighted by atomic mass is 14.9. The Hall–Kier alpha value is -0.770. The number of hydrogen-bond donors (Lipinski definition) is 0. The van der Waals surface area contributed by atoms with Crippen molar-refractivity contribution >= 4 is 0 Å². The summed E-state index contributed by atoms with van der Waals surface area (Å²) >= 11 is 0. The minimum Gasteiger partial charge on any atom is -0.198 e. The van der Waals surface area contributed by atoms with Gasteiger partial charge in [0.25, 0.3) is 0 Å². The summed E-state index contributed by atoms with van der Waals surface area (Å²) in [7, 11) is 0. The van der Waals surface area contributed by atoms with Crippen LogP contribution in [0.4, 0.5) is 0 Å². The highest BCUT2D eigenvalue weighted by Crippen LogP contribution is 2.91. The van der Waals surface area contributed by atoms with Crippen LogP contribution in [0.1, 0.15) is 85.5 Å². The second-order valence-electron chi connectivity index (χ2n) is 9.61. The fraction of sp³-hybridized carbons (Fsp3) is 0.875. The van der Waals surface area contributed by atoms with E-state index in [4.69, 9.17) is 0 Å². The van der Waals surface area contributed by atoms with E-state index in [-0.39, 0.29) is 0 Å². The molecule has 0 bridgehead atoms. The van der Waals surface area contributed by atoms with E-state index in [0.29, 0.717) is 16.7 Å². The molecule has 2 spiro atoms. The van der Waals surface area contributed by atoms with Gasteiger partial charge in [0.05, 0.1) is 12.0 Å². The van der Waals surface area contributed by atoms with Crippen molar-refractivity contribution in [2.75, 3.05) is 0 Å². The molecule has 0 aromatic heterocycles. The summed E-state index contributed by atoms with van der Waals surface area (Å²) in [6.07, 6.45) is 12.9. The molecule has 0 aliphatic heterocycles. The zero-order chi connectivity index (χ0) is 18.5. The lowest BCUT2D eigenvalue weighted by Gasteiger charge is -2.44. The van der Waals surface area contributed by atoms with E-state index in [0.717, 1.165) is 29.1 Å². The fourth-order valence-electron chi connectivity index (χ4n) is 8.91. The molecule has 1 nitrogen and oxygen atoms in total. The Bertz CT molecular complexity index is 547. The molecule has 5 fully saturated rings. The van der Waals surface area contributed by atoms with Gasteiger partial charge in [-0.25, -0.2) is 0 Å². The minimum atomic E-state index is 0.357. The molecule has 0 saturated heterocycles. The number of nitriles is 1. The fourth-order valence-corrected chi connectivity index (χ4v) is 8.91. The summed E-state index contributed by atoms with van der Waals surface area (Å²) in [5.41, 5.74) is 1.81. The van der Waals surface area contributed by atoms with Crippen LogP contribution in [0.2, 0.25) is 0 Å². The Labute approximate surface area is 156 Å². The quantitative estimate of drug-likeness (QED) is 0.435. The van der Waals surface area contributed by atoms with E-state index in [1.54, 1.807) is 0 Å². The second-order valence-corrected chi connectivity index (χ2v) is 9.61. The van der Waals surface area contributed by atoms with E-state index in [2.05, 4.69) is 33.1 Å². The van der Waals surface area contributed by atoms with E-state index < -0.39 is 0 Å². The smallest absolute Gasteiger partial charge is 0.0661 e. The molecule has 140 valence electrons. The second kappa shape index (κ2) is 6.44. The van der Waals surface area contributed by atoms with Gasteiger partial charge in [-0.1, -0.05) is 34.1 Å². The van der Waals surface area contributed by atoms with Crippen LogP contribution in [0.5, 0.6) is 0 Å². The van der Waals surface area contributed by atoms with Gasteiger partial charge in [0.1, 0.15) is 0 Å². The standard InChI is InChI=1S/C20H29N.C2H6.C2H4/c1-13-3-4-14-7-10-19-16-6-5-15(12-21)18(16,2)9-8-17(19)20(14,19)11-13;2*1-2/h13-17H,3-11H2,1-2H3;1-2H3;1-2H2. The molecule has 0 aromatic rings. The van der Waals surface area contributed by atoms with Crippen molar-refractivity contribution in [2.45, 2.75) is 85.5 Å². The molecular weight excluding hydrogens is 302 g/mol. The molecule has 5 aliphatic carbocycles. The topological polar surface area (TPSA) is 23.8 Å². The number of nitrogens with zero attached hydrogens (tertiary/aromatic N) is 1. The third kappa shape index (κ3) is 2.06. The van der Waals surface area contributed by atoms with Gasteiger partial charge in [0.15, 0.2) is 0 Å². The van der Waals surface area contributed by atoms with Crippen molar-refractivity contribution < 1.29 is 0 Å². The van der Waals surface area contributed by atoms with Gasteiger partial charge in [-0.15, -0.1) is 13.2 Å². The molecule has 0 amide bonds. The Kier molecular flexibility index (Phi) is 4.89. The lowest BCUT2D eigenvalue weighted by atomic mass is 9.60. The number of fused-ring (bicyclic) bond motifs is 1. The Morgan fingerprint density at radius 2 is 1.60 bits per heavy atom. The van der Waals surface area contributed by atoms with E-state index in [9.17, 15) is 5.26 Å². The van der Waals surface area contributed by atoms with Crippen LogP contribution in [-0.4, -0.2) is 0 Å². The SMILES string of the molecule is C=C.CC.CC1CCC2CCC34C5CCC(C#N)C5(C)CCC3C24C1. The van der Waals surface area contributed by atoms with Crippen LogP contribution in [0, 0.1) is 57.2 Å². The third-order valence-corrected chi connectivity index (χ3v) is 9.44. The van der Waals surface area contributed by atoms with E-state index in [1.165, 1.54) is 57.8 Å². The lowest BCUT2D eigenvalue weighted by Crippen LogP contribution is -2.38. The van der Waals surface area contributed by atoms with Gasteiger partial charge in [-0.2, -0.15) is 5.26 Å². The van der Waals surface area contributed by atoms with E-state index >= 15 is 0 Å². The first kappa shape index (κ1) is 19.0. The summed E-state index contributed by atoms with van der Waals surface area (Å²) in [6, 6.07) is 2.70. The van der Waals surface area contributed by atoms with Gasteiger partial charge < -0.3 is 0 Å². The first-order valence-electron chi connectivity index (χ1n) is 11.0. The van der Waals surface area contributed by atoms with Crippen LogP contribution >= 0.6 is 0 Å². The largest absolute Gasteiger partial charge is 0.198 e. The maximum atomic E-state index is 9.63. The third-order valence-electron chi connectivity index (χ3n) is 9.44. The molecule has 1 heteroatoms. The zero-order valence-corrected chi connectivity index (χ0v) is 17.1. The molecule has 8 unspecified atom stereocenters. The van der Waals surface area contributed by atoms with Gasteiger partial charge in [0, 0.05) is 0 Å². The van der Waals surface area contributed by atoms with Gasteiger partial charge in [-0.05, 0) is 91.3 Å². The van der Waals surface area contributed by atoms with Crippen LogP contribution in [0.3, 0.4) is 0 Å². The molecule has 0 heterocycles. The van der Waals surface area contributed by atoms with Crippen LogP contribution in [-0.2, 0) is 0 Å². The van der Waals surface area contributed by atoms with Gasteiger partial charge in [-0.3, -0.25) is 0 Å². The van der Waals surface area contributed by atoms with Gasteiger partial charge in [0.2, 0.25) is 0 Å². The maximum absolute atomic E-state index is 9.63. The summed E-state index contributed by atoms with van der Waals surface area (Å²) in [5, 5.41) is 9.63. The average molecular weight is 342 g/mol. The molecule has 5 rings (SSSR count). The molecule has 5 aliphatic rings.